The monoisotopic (exact) mass is 282 g/mol. The number of hydrogen-bond donors (Lipinski definition) is 2. The van der Waals surface area contributed by atoms with Crippen molar-refractivity contribution in [1.29, 1.82) is 0 Å². The summed E-state index contributed by atoms with van der Waals surface area (Å²) < 4.78 is 0. The lowest BCUT2D eigenvalue weighted by molar-refractivity contribution is -0.129. The lowest BCUT2D eigenvalue weighted by Crippen LogP contribution is -2.26. The van der Waals surface area contributed by atoms with Crippen LogP contribution in [0.5, 0.6) is 0 Å². The van der Waals surface area contributed by atoms with Gasteiger partial charge in [-0.05, 0) is 18.1 Å². The van der Waals surface area contributed by atoms with E-state index in [0.717, 1.165) is 11.3 Å². The molecule has 0 saturated heterocycles. The molecule has 1 atom stereocenters. The van der Waals surface area contributed by atoms with Crippen LogP contribution in [0.4, 0.5) is 0 Å². The van der Waals surface area contributed by atoms with Gasteiger partial charge in [0.2, 0.25) is 0 Å². The molecule has 0 aliphatic rings. The van der Waals surface area contributed by atoms with Gasteiger partial charge in [-0.2, -0.15) is 5.10 Å². The molecule has 0 aromatic heterocycles. The number of rotatable bonds is 5. The Labute approximate surface area is 124 Å². The highest BCUT2D eigenvalue weighted by molar-refractivity contribution is 5.87. The van der Waals surface area contributed by atoms with E-state index >= 15 is 0 Å². The summed E-state index contributed by atoms with van der Waals surface area (Å²) in [5.74, 6) is -0.534. The van der Waals surface area contributed by atoms with Crippen molar-refractivity contribution in [2.45, 2.75) is 19.4 Å². The van der Waals surface area contributed by atoms with Crippen molar-refractivity contribution in [3.63, 3.8) is 0 Å². The zero-order chi connectivity index (χ0) is 15.1. The topological polar surface area (TPSA) is 61.7 Å². The molecule has 0 heterocycles. The van der Waals surface area contributed by atoms with E-state index in [1.165, 1.54) is 0 Å². The van der Waals surface area contributed by atoms with Gasteiger partial charge in [0.05, 0.1) is 0 Å². The van der Waals surface area contributed by atoms with Crippen molar-refractivity contribution in [2.24, 2.45) is 5.10 Å². The molecule has 108 valence electrons. The van der Waals surface area contributed by atoms with Crippen molar-refractivity contribution in [1.82, 2.24) is 5.43 Å². The van der Waals surface area contributed by atoms with Gasteiger partial charge in [0.1, 0.15) is 0 Å². The highest BCUT2D eigenvalue weighted by Crippen LogP contribution is 2.11. The minimum Gasteiger partial charge on any atom is -0.378 e. The van der Waals surface area contributed by atoms with Crippen LogP contribution in [0.1, 0.15) is 24.2 Å². The third-order valence-electron chi connectivity index (χ3n) is 3.02. The molecular weight excluding hydrogens is 264 g/mol. The van der Waals surface area contributed by atoms with Crippen molar-refractivity contribution < 1.29 is 9.90 Å². The first-order chi connectivity index (χ1) is 10.2. The van der Waals surface area contributed by atoms with Gasteiger partial charge >= 0.3 is 0 Å². The Morgan fingerprint density at radius 1 is 1.10 bits per heavy atom. The maximum absolute atomic E-state index is 11.8. The maximum Gasteiger partial charge on any atom is 0.273 e. The molecule has 1 unspecified atom stereocenters. The highest BCUT2D eigenvalue weighted by atomic mass is 16.3. The summed E-state index contributed by atoms with van der Waals surface area (Å²) in [7, 11) is 0. The Kier molecular flexibility index (Phi) is 5.23. The molecule has 2 rings (SSSR count). The molecular formula is C17H18N2O2. The van der Waals surface area contributed by atoms with E-state index < -0.39 is 12.0 Å². The van der Waals surface area contributed by atoms with Gasteiger partial charge in [-0.1, -0.05) is 60.7 Å². The summed E-state index contributed by atoms with van der Waals surface area (Å²) >= 11 is 0. The fourth-order valence-electron chi connectivity index (χ4n) is 1.93. The SMILES string of the molecule is CC(Cc1ccccc1)=NNC(=O)C(O)c1ccccc1. The van der Waals surface area contributed by atoms with Gasteiger partial charge in [-0.3, -0.25) is 4.79 Å². The van der Waals surface area contributed by atoms with E-state index in [0.29, 0.717) is 12.0 Å². The Balaban J connectivity index is 1.92. The quantitative estimate of drug-likeness (QED) is 0.653. The van der Waals surface area contributed by atoms with Crippen LogP contribution in [0.2, 0.25) is 0 Å². The van der Waals surface area contributed by atoms with E-state index in [4.69, 9.17) is 0 Å². The molecule has 2 aromatic rings. The van der Waals surface area contributed by atoms with E-state index in [2.05, 4.69) is 10.5 Å². The number of hydrazone groups is 1. The lowest BCUT2D eigenvalue weighted by atomic mass is 10.1. The van der Waals surface area contributed by atoms with Crippen LogP contribution in [0.3, 0.4) is 0 Å². The van der Waals surface area contributed by atoms with E-state index in [9.17, 15) is 9.90 Å². The molecule has 4 nitrogen and oxygen atoms in total. The van der Waals surface area contributed by atoms with Crippen LogP contribution < -0.4 is 5.43 Å². The summed E-state index contributed by atoms with van der Waals surface area (Å²) in [6, 6.07) is 18.6. The third-order valence-corrected chi connectivity index (χ3v) is 3.02. The van der Waals surface area contributed by atoms with Gasteiger partial charge in [-0.25, -0.2) is 5.43 Å². The fraction of sp³-hybridized carbons (Fsp3) is 0.176. The smallest absolute Gasteiger partial charge is 0.273 e. The molecule has 1 amide bonds. The number of hydrogen-bond acceptors (Lipinski definition) is 3. The molecule has 2 N–H and O–H groups in total. The zero-order valence-corrected chi connectivity index (χ0v) is 11.9. The highest BCUT2D eigenvalue weighted by Gasteiger charge is 2.16. The molecule has 0 spiro atoms. The molecule has 4 heteroatoms. The molecule has 0 radical (unpaired) electrons. The van der Waals surface area contributed by atoms with Gasteiger partial charge in [0.15, 0.2) is 6.10 Å². The number of carbonyl (C=O) groups excluding carboxylic acids is 1. The normalized spacial score (nSPS) is 12.8. The van der Waals surface area contributed by atoms with Crippen molar-refractivity contribution in [3.8, 4) is 0 Å². The number of benzene rings is 2. The second kappa shape index (κ2) is 7.36. The summed E-state index contributed by atoms with van der Waals surface area (Å²) in [5, 5.41) is 13.9. The average molecular weight is 282 g/mol. The van der Waals surface area contributed by atoms with Gasteiger partial charge < -0.3 is 5.11 Å². The van der Waals surface area contributed by atoms with E-state index in [1.807, 2.05) is 43.3 Å². The van der Waals surface area contributed by atoms with Crippen molar-refractivity contribution in [2.75, 3.05) is 0 Å². The first-order valence-corrected chi connectivity index (χ1v) is 6.77. The second-order valence-electron chi connectivity index (χ2n) is 4.80. The standard InChI is InChI=1S/C17H18N2O2/c1-13(12-14-8-4-2-5-9-14)18-19-17(21)16(20)15-10-6-3-7-11-15/h2-11,16,20H,12H2,1H3,(H,19,21). The summed E-state index contributed by atoms with van der Waals surface area (Å²) in [6.45, 7) is 1.84. The number of aliphatic hydroxyl groups excluding tert-OH is 1. The molecule has 0 saturated carbocycles. The van der Waals surface area contributed by atoms with Crippen LogP contribution in [0, 0.1) is 0 Å². The van der Waals surface area contributed by atoms with E-state index in [-0.39, 0.29) is 0 Å². The van der Waals surface area contributed by atoms with Gasteiger partial charge in [0.25, 0.3) is 5.91 Å². The molecule has 2 aromatic carbocycles. The van der Waals surface area contributed by atoms with Crippen molar-refractivity contribution in [3.05, 3.63) is 71.8 Å². The average Bonchev–Trinajstić information content (AvgIpc) is 2.53. The molecule has 21 heavy (non-hydrogen) atoms. The van der Waals surface area contributed by atoms with Crippen LogP contribution >= 0.6 is 0 Å². The summed E-state index contributed by atoms with van der Waals surface area (Å²) in [5.41, 5.74) is 4.84. The van der Waals surface area contributed by atoms with Crippen LogP contribution in [-0.4, -0.2) is 16.7 Å². The van der Waals surface area contributed by atoms with Crippen molar-refractivity contribution >= 4 is 11.6 Å². The molecule has 0 fully saturated rings. The Morgan fingerprint density at radius 2 is 1.67 bits per heavy atom. The number of nitrogens with one attached hydrogen (secondary N) is 1. The van der Waals surface area contributed by atoms with Crippen LogP contribution in [-0.2, 0) is 11.2 Å². The summed E-state index contributed by atoms with van der Waals surface area (Å²) in [4.78, 5) is 11.8. The third kappa shape index (κ3) is 4.54. The molecule has 0 aliphatic heterocycles. The first-order valence-electron chi connectivity index (χ1n) is 6.77. The number of amides is 1. The number of nitrogens with zero attached hydrogens (tertiary/aromatic N) is 1. The second-order valence-corrected chi connectivity index (χ2v) is 4.80. The van der Waals surface area contributed by atoms with Crippen LogP contribution in [0.25, 0.3) is 0 Å². The Bertz CT molecular complexity index is 609. The molecule has 0 bridgehead atoms. The largest absolute Gasteiger partial charge is 0.378 e. The van der Waals surface area contributed by atoms with Gasteiger partial charge in [0, 0.05) is 12.1 Å². The maximum atomic E-state index is 11.8. The summed E-state index contributed by atoms with van der Waals surface area (Å²) in [6.07, 6.45) is -0.554. The molecule has 0 aliphatic carbocycles. The fourth-order valence-corrected chi connectivity index (χ4v) is 1.93. The minimum absolute atomic E-state index is 0.534. The number of carbonyl (C=O) groups is 1. The minimum atomic E-state index is -1.21. The first kappa shape index (κ1) is 14.9. The Morgan fingerprint density at radius 3 is 2.29 bits per heavy atom. The number of aliphatic hydroxyl groups is 1. The zero-order valence-electron chi connectivity index (χ0n) is 11.9. The predicted molar refractivity (Wildman–Crippen MR) is 82.8 cm³/mol. The van der Waals surface area contributed by atoms with Gasteiger partial charge in [-0.15, -0.1) is 0 Å². The van der Waals surface area contributed by atoms with Crippen LogP contribution in [0.15, 0.2) is 65.8 Å². The lowest BCUT2D eigenvalue weighted by Gasteiger charge is -2.09. The van der Waals surface area contributed by atoms with E-state index in [1.54, 1.807) is 24.3 Å². The predicted octanol–water partition coefficient (Wildman–Crippen LogP) is 2.45. The Hall–Kier alpha value is -2.46.